The molecule has 1 heterocycles. The summed E-state index contributed by atoms with van der Waals surface area (Å²) in [5, 5.41) is 4.05. The Kier molecular flexibility index (Phi) is 3.47. The van der Waals surface area contributed by atoms with Crippen LogP contribution in [0.4, 0.5) is 11.6 Å². The summed E-state index contributed by atoms with van der Waals surface area (Å²) in [5.74, 6) is -0.0207. The minimum absolute atomic E-state index is 0.0207. The number of aromatic amines is 2. The first-order chi connectivity index (χ1) is 10.8. The monoisotopic (exact) mass is 334 g/mol. The van der Waals surface area contributed by atoms with Crippen LogP contribution in [0.25, 0.3) is 10.8 Å². The second-order valence-corrected chi connectivity index (χ2v) is 6.09. The van der Waals surface area contributed by atoms with Gasteiger partial charge < -0.3 is 5.32 Å². The van der Waals surface area contributed by atoms with Gasteiger partial charge in [-0.05, 0) is 35.0 Å². The van der Waals surface area contributed by atoms with Crippen LogP contribution in [-0.4, -0.2) is 27.9 Å². The molecule has 0 aliphatic heterocycles. The number of nitrogens with zero attached hydrogens (tertiary/aromatic N) is 1. The van der Waals surface area contributed by atoms with Crippen LogP contribution in [0.1, 0.15) is 0 Å². The highest BCUT2D eigenvalue weighted by Crippen LogP contribution is 2.23. The van der Waals surface area contributed by atoms with E-state index in [1.54, 1.807) is 18.2 Å². The normalized spacial score (nSPS) is 11.5. The van der Waals surface area contributed by atoms with Crippen LogP contribution in [0, 0.1) is 0 Å². The van der Waals surface area contributed by atoms with E-state index in [0.29, 0.717) is 16.5 Å². The Labute approximate surface area is 128 Å². The predicted octanol–water partition coefficient (Wildman–Crippen LogP) is 0.602. The van der Waals surface area contributed by atoms with Crippen molar-refractivity contribution < 1.29 is 13.0 Å². The van der Waals surface area contributed by atoms with E-state index in [2.05, 4.69) is 15.3 Å². The fourth-order valence-corrected chi connectivity index (χ4v) is 2.57. The molecule has 0 radical (unpaired) electrons. The van der Waals surface area contributed by atoms with E-state index in [-0.39, 0.29) is 10.8 Å². The highest BCUT2D eigenvalue weighted by Gasteiger charge is 2.10. The van der Waals surface area contributed by atoms with E-state index in [0.717, 1.165) is 0 Å². The highest BCUT2D eigenvalue weighted by atomic mass is 32.2. The minimum Gasteiger partial charge on any atom is -0.326 e. The maximum atomic E-state index is 11.2. The van der Waals surface area contributed by atoms with Crippen LogP contribution in [0.15, 0.2) is 50.9 Å². The lowest BCUT2D eigenvalue weighted by Crippen LogP contribution is -2.25. The first kappa shape index (κ1) is 14.9. The average Bonchev–Trinajstić information content (AvgIpc) is 2.44. The van der Waals surface area contributed by atoms with Crippen molar-refractivity contribution in [2.45, 2.75) is 4.90 Å². The zero-order chi connectivity index (χ0) is 16.6. The van der Waals surface area contributed by atoms with E-state index in [1.165, 1.54) is 18.2 Å². The summed E-state index contributed by atoms with van der Waals surface area (Å²) in [6, 6.07) is 9.04. The van der Waals surface area contributed by atoms with Gasteiger partial charge in [0.2, 0.25) is 5.95 Å². The van der Waals surface area contributed by atoms with Crippen molar-refractivity contribution in [1.82, 2.24) is 15.0 Å². The van der Waals surface area contributed by atoms with Crippen molar-refractivity contribution in [2.75, 3.05) is 5.32 Å². The van der Waals surface area contributed by atoms with Crippen molar-refractivity contribution in [3.8, 4) is 0 Å². The van der Waals surface area contributed by atoms with Gasteiger partial charge in [0.1, 0.15) is 0 Å². The third-order valence-corrected chi connectivity index (χ3v) is 3.89. The van der Waals surface area contributed by atoms with Crippen LogP contribution < -0.4 is 16.7 Å². The fourth-order valence-electron chi connectivity index (χ4n) is 2.05. The first-order valence-electron chi connectivity index (χ1n) is 6.30. The summed E-state index contributed by atoms with van der Waals surface area (Å²) in [6.07, 6.45) is 0. The minimum atomic E-state index is -4.27. The van der Waals surface area contributed by atoms with Crippen LogP contribution in [0.5, 0.6) is 0 Å². The maximum Gasteiger partial charge on any atom is 0.352 e. The van der Waals surface area contributed by atoms with Gasteiger partial charge in [-0.25, -0.2) is 9.59 Å². The molecule has 0 fully saturated rings. The summed E-state index contributed by atoms with van der Waals surface area (Å²) >= 11 is 0. The van der Waals surface area contributed by atoms with E-state index in [9.17, 15) is 18.0 Å². The summed E-state index contributed by atoms with van der Waals surface area (Å²) in [7, 11) is -4.27. The number of aromatic nitrogens is 3. The quantitative estimate of drug-likeness (QED) is 0.513. The number of H-pyrrole nitrogens is 2. The molecule has 1 aromatic heterocycles. The largest absolute Gasteiger partial charge is 0.352 e. The highest BCUT2D eigenvalue weighted by molar-refractivity contribution is 7.85. The second-order valence-electron chi connectivity index (χ2n) is 4.67. The number of hydrogen-bond acceptors (Lipinski definition) is 6. The molecule has 118 valence electrons. The Morgan fingerprint density at radius 1 is 1.00 bits per heavy atom. The van der Waals surface area contributed by atoms with Gasteiger partial charge >= 0.3 is 11.4 Å². The molecule has 0 bridgehead atoms. The Morgan fingerprint density at radius 2 is 1.70 bits per heavy atom. The molecule has 2 aromatic carbocycles. The molecular weight excluding hydrogens is 324 g/mol. The van der Waals surface area contributed by atoms with Crippen molar-refractivity contribution in [2.24, 2.45) is 0 Å². The van der Waals surface area contributed by atoms with Crippen LogP contribution >= 0.6 is 0 Å². The summed E-state index contributed by atoms with van der Waals surface area (Å²) in [5.41, 5.74) is -0.938. The summed E-state index contributed by atoms with van der Waals surface area (Å²) in [4.78, 5) is 30.0. The molecule has 3 rings (SSSR count). The SMILES string of the molecule is O=c1nc(Nc2ccc3cc(S(=O)(=O)O)ccc3c2)[nH]c(=O)[nH]1. The number of benzene rings is 2. The van der Waals surface area contributed by atoms with Gasteiger partial charge in [0.05, 0.1) is 4.90 Å². The molecule has 3 aromatic rings. The molecule has 0 aliphatic rings. The van der Waals surface area contributed by atoms with Crippen LogP contribution in [0.2, 0.25) is 0 Å². The fraction of sp³-hybridized carbons (Fsp3) is 0. The summed E-state index contributed by atoms with van der Waals surface area (Å²) < 4.78 is 31.3. The Bertz CT molecular complexity index is 1090. The van der Waals surface area contributed by atoms with Gasteiger partial charge in [0.15, 0.2) is 0 Å². The number of nitrogens with one attached hydrogen (secondary N) is 3. The van der Waals surface area contributed by atoms with E-state index in [4.69, 9.17) is 4.55 Å². The van der Waals surface area contributed by atoms with Gasteiger partial charge in [0, 0.05) is 5.69 Å². The second kappa shape index (κ2) is 5.34. The predicted molar refractivity (Wildman–Crippen MR) is 82.5 cm³/mol. The Morgan fingerprint density at radius 3 is 2.39 bits per heavy atom. The van der Waals surface area contributed by atoms with Gasteiger partial charge in [0.25, 0.3) is 10.1 Å². The molecule has 4 N–H and O–H groups in total. The molecule has 10 heteroatoms. The van der Waals surface area contributed by atoms with Gasteiger partial charge in [-0.15, -0.1) is 0 Å². The topological polar surface area (TPSA) is 145 Å². The smallest absolute Gasteiger partial charge is 0.326 e. The number of hydrogen-bond donors (Lipinski definition) is 4. The van der Waals surface area contributed by atoms with Crippen LogP contribution in [0.3, 0.4) is 0 Å². The first-order valence-corrected chi connectivity index (χ1v) is 7.74. The third kappa shape index (κ3) is 3.27. The standard InChI is InChI=1S/C13H10N4O5S/c18-12-15-11(16-13(19)17-12)14-9-3-1-8-6-10(23(20,21)22)4-2-7(8)5-9/h1-6H,(H,20,21,22)(H3,14,15,16,17,18,19). The van der Waals surface area contributed by atoms with Crippen molar-refractivity contribution in [1.29, 1.82) is 0 Å². The molecule has 0 saturated heterocycles. The maximum absolute atomic E-state index is 11.2. The lowest BCUT2D eigenvalue weighted by atomic mass is 10.1. The van der Waals surface area contributed by atoms with Gasteiger partial charge in [-0.3, -0.25) is 14.5 Å². The molecule has 0 atom stereocenters. The molecule has 0 amide bonds. The Balaban J connectivity index is 2.00. The third-order valence-electron chi connectivity index (χ3n) is 3.04. The number of anilines is 2. The zero-order valence-corrected chi connectivity index (χ0v) is 12.2. The van der Waals surface area contributed by atoms with Gasteiger partial charge in [-0.1, -0.05) is 12.1 Å². The molecule has 23 heavy (non-hydrogen) atoms. The molecule has 9 nitrogen and oxygen atoms in total. The van der Waals surface area contributed by atoms with E-state index >= 15 is 0 Å². The van der Waals surface area contributed by atoms with Crippen molar-refractivity contribution >= 4 is 32.5 Å². The average molecular weight is 334 g/mol. The molecular formula is C13H10N4O5S. The number of fused-ring (bicyclic) bond motifs is 1. The van der Waals surface area contributed by atoms with Crippen LogP contribution in [-0.2, 0) is 10.1 Å². The van der Waals surface area contributed by atoms with Gasteiger partial charge in [-0.2, -0.15) is 13.4 Å². The lowest BCUT2D eigenvalue weighted by Gasteiger charge is -2.07. The Hall–Kier alpha value is -2.98. The number of rotatable bonds is 3. The molecule has 0 spiro atoms. The van der Waals surface area contributed by atoms with Crippen molar-refractivity contribution in [3.05, 3.63) is 57.4 Å². The lowest BCUT2D eigenvalue weighted by molar-refractivity contribution is 0.483. The van der Waals surface area contributed by atoms with E-state index < -0.39 is 21.5 Å². The molecule has 0 aliphatic carbocycles. The zero-order valence-electron chi connectivity index (χ0n) is 11.4. The molecule has 0 saturated carbocycles. The summed E-state index contributed by atoms with van der Waals surface area (Å²) in [6.45, 7) is 0. The molecule has 0 unspecified atom stereocenters. The van der Waals surface area contributed by atoms with Crippen molar-refractivity contribution in [3.63, 3.8) is 0 Å². The van der Waals surface area contributed by atoms with E-state index in [1.807, 2.05) is 4.98 Å².